The lowest BCUT2D eigenvalue weighted by atomic mass is 10.0. The molecule has 1 aromatic heterocycles. The van der Waals surface area contributed by atoms with Crippen molar-refractivity contribution in [3.63, 3.8) is 0 Å². The van der Waals surface area contributed by atoms with Crippen LogP contribution in [0, 0.1) is 0 Å². The van der Waals surface area contributed by atoms with Gasteiger partial charge >= 0.3 is 0 Å². The van der Waals surface area contributed by atoms with E-state index in [1.54, 1.807) is 25.6 Å². The maximum absolute atomic E-state index is 6.14. The van der Waals surface area contributed by atoms with E-state index in [4.69, 9.17) is 21.1 Å². The number of hydrogen-bond donors (Lipinski definition) is 1. The quantitative estimate of drug-likeness (QED) is 0.834. The van der Waals surface area contributed by atoms with Gasteiger partial charge in [-0.25, -0.2) is 0 Å². The number of hydrogen-bond acceptors (Lipinski definition) is 4. The van der Waals surface area contributed by atoms with E-state index in [0.29, 0.717) is 5.02 Å². The number of rotatable bonds is 5. The van der Waals surface area contributed by atoms with Crippen molar-refractivity contribution in [3.05, 3.63) is 43.5 Å². The van der Waals surface area contributed by atoms with Gasteiger partial charge in [-0.2, -0.15) is 0 Å². The molecule has 1 heterocycles. The van der Waals surface area contributed by atoms with Crippen LogP contribution in [-0.2, 0) is 0 Å². The van der Waals surface area contributed by atoms with E-state index in [1.165, 1.54) is 0 Å². The van der Waals surface area contributed by atoms with Crippen LogP contribution in [0.4, 0.5) is 0 Å². The predicted octanol–water partition coefficient (Wildman–Crippen LogP) is 4.49. The van der Waals surface area contributed by atoms with Crippen molar-refractivity contribution >= 4 is 38.9 Å². The highest BCUT2D eigenvalue weighted by molar-refractivity contribution is 9.11. The first kappa shape index (κ1) is 15.6. The Kier molecular flexibility index (Phi) is 5.32. The molecule has 0 saturated carbocycles. The molecule has 0 amide bonds. The van der Waals surface area contributed by atoms with Crippen molar-refractivity contribution < 1.29 is 9.47 Å². The van der Waals surface area contributed by atoms with Gasteiger partial charge in [0.1, 0.15) is 11.5 Å². The lowest BCUT2D eigenvalue weighted by Crippen LogP contribution is -2.18. The Bertz CT molecular complexity index is 561. The standard InChI is InChI=1S/C14H15BrClNO2S/c1-17-13(11-7-8(16)14(15)20-11)12-9(18-2)5-4-6-10(12)19-3/h4-7,13,17H,1-3H3. The van der Waals surface area contributed by atoms with Gasteiger partial charge in [0, 0.05) is 4.88 Å². The largest absolute Gasteiger partial charge is 0.496 e. The highest BCUT2D eigenvalue weighted by atomic mass is 79.9. The summed E-state index contributed by atoms with van der Waals surface area (Å²) in [6.07, 6.45) is 0. The van der Waals surface area contributed by atoms with Crippen LogP contribution < -0.4 is 14.8 Å². The summed E-state index contributed by atoms with van der Waals surface area (Å²) in [5, 5.41) is 4.00. The van der Waals surface area contributed by atoms with Gasteiger partial charge in [0.05, 0.1) is 34.6 Å². The van der Waals surface area contributed by atoms with Gasteiger partial charge < -0.3 is 14.8 Å². The van der Waals surface area contributed by atoms with Crippen molar-refractivity contribution in [1.82, 2.24) is 5.32 Å². The van der Waals surface area contributed by atoms with Gasteiger partial charge in [-0.15, -0.1) is 11.3 Å². The summed E-state index contributed by atoms with van der Waals surface area (Å²) in [5.41, 5.74) is 0.963. The maximum Gasteiger partial charge on any atom is 0.127 e. The number of benzene rings is 1. The minimum absolute atomic E-state index is 0.0464. The monoisotopic (exact) mass is 375 g/mol. The van der Waals surface area contributed by atoms with Crippen molar-refractivity contribution in [3.8, 4) is 11.5 Å². The summed E-state index contributed by atoms with van der Waals surface area (Å²) in [7, 11) is 5.21. The van der Waals surface area contributed by atoms with Crippen LogP contribution in [0.5, 0.6) is 11.5 Å². The van der Waals surface area contributed by atoms with Crippen LogP contribution in [-0.4, -0.2) is 21.3 Å². The Balaban J connectivity index is 2.56. The number of nitrogens with one attached hydrogen (secondary N) is 1. The van der Waals surface area contributed by atoms with E-state index >= 15 is 0 Å². The maximum atomic E-state index is 6.14. The number of methoxy groups -OCH3 is 2. The Morgan fingerprint density at radius 1 is 1.25 bits per heavy atom. The average Bonchev–Trinajstić information content (AvgIpc) is 2.79. The molecule has 6 heteroatoms. The van der Waals surface area contributed by atoms with E-state index in [0.717, 1.165) is 25.7 Å². The lowest BCUT2D eigenvalue weighted by Gasteiger charge is -2.20. The van der Waals surface area contributed by atoms with Crippen LogP contribution in [0.15, 0.2) is 28.1 Å². The molecule has 1 aromatic carbocycles. The predicted molar refractivity (Wildman–Crippen MR) is 87.5 cm³/mol. The van der Waals surface area contributed by atoms with Crippen LogP contribution >= 0.6 is 38.9 Å². The second-order valence-corrected chi connectivity index (χ2v) is 6.88. The molecule has 0 aliphatic rings. The Morgan fingerprint density at radius 3 is 2.25 bits per heavy atom. The fourth-order valence-electron chi connectivity index (χ4n) is 2.10. The van der Waals surface area contributed by atoms with Gasteiger partial charge in [0.2, 0.25) is 0 Å². The van der Waals surface area contributed by atoms with Gasteiger partial charge in [0.15, 0.2) is 0 Å². The van der Waals surface area contributed by atoms with E-state index in [9.17, 15) is 0 Å². The molecule has 2 aromatic rings. The molecule has 20 heavy (non-hydrogen) atoms. The second kappa shape index (κ2) is 6.80. The average molecular weight is 377 g/mol. The van der Waals surface area contributed by atoms with Crippen molar-refractivity contribution in [2.45, 2.75) is 6.04 Å². The molecule has 1 atom stereocenters. The topological polar surface area (TPSA) is 30.5 Å². The molecule has 0 aliphatic heterocycles. The molecular formula is C14H15BrClNO2S. The lowest BCUT2D eigenvalue weighted by molar-refractivity contribution is 0.379. The number of thiophene rings is 1. The van der Waals surface area contributed by atoms with E-state index < -0.39 is 0 Å². The van der Waals surface area contributed by atoms with Crippen molar-refractivity contribution in [2.75, 3.05) is 21.3 Å². The molecule has 0 radical (unpaired) electrons. The van der Waals surface area contributed by atoms with Crippen LogP contribution in [0.1, 0.15) is 16.5 Å². The highest BCUT2D eigenvalue weighted by Gasteiger charge is 2.23. The van der Waals surface area contributed by atoms with Crippen LogP contribution in [0.2, 0.25) is 5.02 Å². The first-order valence-electron chi connectivity index (χ1n) is 5.95. The third-order valence-corrected chi connectivity index (χ3v) is 5.53. The Morgan fingerprint density at radius 2 is 1.85 bits per heavy atom. The minimum atomic E-state index is -0.0464. The summed E-state index contributed by atoms with van der Waals surface area (Å²) < 4.78 is 11.9. The van der Waals surface area contributed by atoms with Crippen LogP contribution in [0.25, 0.3) is 0 Å². The molecule has 0 saturated heterocycles. The highest BCUT2D eigenvalue weighted by Crippen LogP contribution is 2.42. The molecule has 108 valence electrons. The molecule has 1 N–H and O–H groups in total. The smallest absolute Gasteiger partial charge is 0.127 e. The van der Waals surface area contributed by atoms with Gasteiger partial charge in [-0.3, -0.25) is 0 Å². The van der Waals surface area contributed by atoms with Crippen molar-refractivity contribution in [2.24, 2.45) is 0 Å². The van der Waals surface area contributed by atoms with Gasteiger partial charge in [0.25, 0.3) is 0 Å². The zero-order chi connectivity index (χ0) is 14.7. The van der Waals surface area contributed by atoms with Gasteiger partial charge in [-0.05, 0) is 41.2 Å². The molecular weight excluding hydrogens is 362 g/mol. The molecule has 0 spiro atoms. The molecule has 0 bridgehead atoms. The summed E-state index contributed by atoms with van der Waals surface area (Å²) in [4.78, 5) is 1.09. The summed E-state index contributed by atoms with van der Waals surface area (Å²) in [6, 6.07) is 7.66. The summed E-state index contributed by atoms with van der Waals surface area (Å²) in [6.45, 7) is 0. The Labute approximate surface area is 136 Å². The van der Waals surface area contributed by atoms with E-state index in [1.807, 2.05) is 31.3 Å². The summed E-state index contributed by atoms with van der Waals surface area (Å²) >= 11 is 11.2. The number of ether oxygens (including phenoxy) is 2. The number of halogens is 2. The van der Waals surface area contributed by atoms with Crippen LogP contribution in [0.3, 0.4) is 0 Å². The van der Waals surface area contributed by atoms with E-state index in [2.05, 4.69) is 21.2 Å². The first-order chi connectivity index (χ1) is 9.62. The molecule has 2 rings (SSSR count). The molecule has 1 unspecified atom stereocenters. The minimum Gasteiger partial charge on any atom is -0.496 e. The zero-order valence-corrected chi connectivity index (χ0v) is 14.5. The van der Waals surface area contributed by atoms with E-state index in [-0.39, 0.29) is 6.04 Å². The SMILES string of the molecule is CNC(c1cc(Cl)c(Br)s1)c1c(OC)cccc1OC. The third kappa shape index (κ3) is 2.96. The van der Waals surface area contributed by atoms with Crippen molar-refractivity contribution in [1.29, 1.82) is 0 Å². The third-order valence-electron chi connectivity index (χ3n) is 2.99. The second-order valence-electron chi connectivity index (χ2n) is 4.07. The molecule has 0 aliphatic carbocycles. The first-order valence-corrected chi connectivity index (χ1v) is 7.94. The normalized spacial score (nSPS) is 12.2. The molecule has 3 nitrogen and oxygen atoms in total. The summed E-state index contributed by atoms with van der Waals surface area (Å²) in [5.74, 6) is 1.56. The fraction of sp³-hybridized carbons (Fsp3) is 0.286. The zero-order valence-electron chi connectivity index (χ0n) is 11.4. The fourth-order valence-corrected chi connectivity index (χ4v) is 3.97. The van der Waals surface area contributed by atoms with Gasteiger partial charge in [-0.1, -0.05) is 17.7 Å². The Hall–Kier alpha value is -0.750. The molecule has 0 fully saturated rings.